The van der Waals surface area contributed by atoms with E-state index in [1.54, 1.807) is 10.5 Å². The summed E-state index contributed by atoms with van der Waals surface area (Å²) in [6.45, 7) is 6.57. The molecule has 0 bridgehead atoms. The Morgan fingerprint density at radius 1 is 1.50 bits per heavy atom. The van der Waals surface area contributed by atoms with Crippen LogP contribution in [-0.2, 0) is 0 Å². The molecular weight excluding hydrogens is 216 g/mol. The monoisotopic (exact) mass is 238 g/mol. The van der Waals surface area contributed by atoms with Crippen LogP contribution >= 0.6 is 11.8 Å². The number of hydrogen-bond acceptors (Lipinski definition) is 3. The van der Waals surface area contributed by atoms with Crippen molar-refractivity contribution in [3.8, 4) is 0 Å². The third-order valence-corrected chi connectivity index (χ3v) is 5.04. The molecule has 0 amide bonds. The summed E-state index contributed by atoms with van der Waals surface area (Å²) in [5, 5.41) is 1.95. The average molecular weight is 238 g/mol. The molecule has 2 rings (SSSR count). The van der Waals surface area contributed by atoms with Crippen molar-refractivity contribution in [2.75, 3.05) is 13.1 Å². The Bertz CT molecular complexity index is 320. The summed E-state index contributed by atoms with van der Waals surface area (Å²) in [5.41, 5.74) is 1.65. The molecule has 2 nitrogen and oxygen atoms in total. The molecule has 0 aromatic rings. The first-order chi connectivity index (χ1) is 7.70. The van der Waals surface area contributed by atoms with Gasteiger partial charge in [-0.15, -0.1) is 0 Å². The molecule has 0 aromatic heterocycles. The van der Waals surface area contributed by atoms with Crippen molar-refractivity contribution in [3.63, 3.8) is 0 Å². The van der Waals surface area contributed by atoms with Gasteiger partial charge in [-0.2, -0.15) is 0 Å². The van der Waals surface area contributed by atoms with Crippen LogP contribution in [0.4, 0.5) is 0 Å². The van der Waals surface area contributed by atoms with E-state index in [1.165, 1.54) is 30.6 Å². The fourth-order valence-electron chi connectivity index (χ4n) is 2.24. The average Bonchev–Trinajstić information content (AvgIpc) is 2.49. The SMILES string of the molecule is CCC(C)C1=CCCC2=C(CN(N)CC2)S1. The maximum absolute atomic E-state index is 5.91. The first kappa shape index (κ1) is 12.2. The lowest BCUT2D eigenvalue weighted by molar-refractivity contribution is 0.300. The van der Waals surface area contributed by atoms with Crippen LogP contribution in [-0.4, -0.2) is 18.1 Å². The van der Waals surface area contributed by atoms with Crippen LogP contribution in [0.1, 0.15) is 39.5 Å². The van der Waals surface area contributed by atoms with Gasteiger partial charge in [0.1, 0.15) is 0 Å². The molecule has 0 fully saturated rings. The lowest BCUT2D eigenvalue weighted by atomic mass is 10.0. The first-order valence-corrected chi connectivity index (χ1v) is 7.10. The van der Waals surface area contributed by atoms with E-state index in [1.807, 2.05) is 16.8 Å². The third kappa shape index (κ3) is 2.70. The zero-order valence-corrected chi connectivity index (χ0v) is 11.1. The Morgan fingerprint density at radius 3 is 3.06 bits per heavy atom. The van der Waals surface area contributed by atoms with Crippen molar-refractivity contribution in [3.05, 3.63) is 21.5 Å². The lowest BCUT2D eigenvalue weighted by Crippen LogP contribution is -2.36. The van der Waals surface area contributed by atoms with Crippen molar-refractivity contribution in [1.82, 2.24) is 5.01 Å². The van der Waals surface area contributed by atoms with Gasteiger partial charge in [-0.1, -0.05) is 37.3 Å². The molecular formula is C13H22N2S. The summed E-state index contributed by atoms with van der Waals surface area (Å²) in [5.74, 6) is 6.61. The second-order valence-corrected chi connectivity index (χ2v) is 5.97. The summed E-state index contributed by atoms with van der Waals surface area (Å²) in [6, 6.07) is 0. The highest BCUT2D eigenvalue weighted by Crippen LogP contribution is 2.40. The van der Waals surface area contributed by atoms with Gasteiger partial charge in [-0.05, 0) is 36.5 Å². The van der Waals surface area contributed by atoms with E-state index in [4.69, 9.17) is 5.84 Å². The molecule has 0 aromatic carbocycles. The van der Waals surface area contributed by atoms with E-state index in [9.17, 15) is 0 Å². The Balaban J connectivity index is 2.13. The van der Waals surface area contributed by atoms with Gasteiger partial charge in [0, 0.05) is 18.0 Å². The van der Waals surface area contributed by atoms with E-state index >= 15 is 0 Å². The molecule has 0 saturated carbocycles. The van der Waals surface area contributed by atoms with E-state index < -0.39 is 0 Å². The van der Waals surface area contributed by atoms with Crippen LogP contribution in [0.25, 0.3) is 0 Å². The van der Waals surface area contributed by atoms with Crippen LogP contribution in [0, 0.1) is 5.92 Å². The van der Waals surface area contributed by atoms with Crippen molar-refractivity contribution in [1.29, 1.82) is 0 Å². The number of nitrogens with two attached hydrogens (primary N) is 1. The smallest absolute Gasteiger partial charge is 0.0442 e. The number of allylic oxidation sites excluding steroid dienone is 2. The van der Waals surface area contributed by atoms with E-state index in [2.05, 4.69) is 19.9 Å². The first-order valence-electron chi connectivity index (χ1n) is 6.29. The van der Waals surface area contributed by atoms with Crippen molar-refractivity contribution in [2.24, 2.45) is 11.8 Å². The normalized spacial score (nSPS) is 24.8. The van der Waals surface area contributed by atoms with Crippen molar-refractivity contribution >= 4 is 11.8 Å². The van der Waals surface area contributed by atoms with Crippen molar-refractivity contribution < 1.29 is 0 Å². The van der Waals surface area contributed by atoms with Gasteiger partial charge in [0.25, 0.3) is 0 Å². The second-order valence-electron chi connectivity index (χ2n) is 4.80. The van der Waals surface area contributed by atoms with Gasteiger partial charge in [0.15, 0.2) is 0 Å². The summed E-state index contributed by atoms with van der Waals surface area (Å²) in [6.07, 6.45) is 7.30. The Kier molecular flexibility index (Phi) is 4.11. The van der Waals surface area contributed by atoms with Crippen LogP contribution < -0.4 is 5.84 Å². The predicted octanol–water partition coefficient (Wildman–Crippen LogP) is 3.28. The zero-order valence-electron chi connectivity index (χ0n) is 10.3. The van der Waals surface area contributed by atoms with E-state index in [0.717, 1.165) is 13.1 Å². The van der Waals surface area contributed by atoms with Gasteiger partial charge in [0.2, 0.25) is 0 Å². The summed E-state index contributed by atoms with van der Waals surface area (Å²) < 4.78 is 0. The van der Waals surface area contributed by atoms with E-state index in [-0.39, 0.29) is 0 Å². The Morgan fingerprint density at radius 2 is 2.31 bits per heavy atom. The zero-order chi connectivity index (χ0) is 11.5. The van der Waals surface area contributed by atoms with Crippen LogP contribution in [0.3, 0.4) is 0 Å². The standard InChI is InChI=1S/C13H22N2S/c1-3-10(2)12-6-4-5-11-7-8-15(14)9-13(11)16-12/h6,10H,3-5,7-9,14H2,1-2H3. The molecule has 0 saturated heterocycles. The molecule has 2 aliphatic rings. The number of rotatable bonds is 2. The number of thioether (sulfide) groups is 1. The summed E-state index contributed by atoms with van der Waals surface area (Å²) >= 11 is 1.99. The third-order valence-electron chi connectivity index (χ3n) is 3.57. The van der Waals surface area contributed by atoms with E-state index in [0.29, 0.717) is 5.92 Å². The van der Waals surface area contributed by atoms with Crippen LogP contribution in [0.2, 0.25) is 0 Å². The molecule has 16 heavy (non-hydrogen) atoms. The van der Waals surface area contributed by atoms with Crippen molar-refractivity contribution in [2.45, 2.75) is 39.5 Å². The van der Waals surface area contributed by atoms with Gasteiger partial charge >= 0.3 is 0 Å². The molecule has 0 radical (unpaired) electrons. The Hall–Kier alpha value is -0.250. The highest BCUT2D eigenvalue weighted by molar-refractivity contribution is 8.06. The number of nitrogens with zero attached hydrogens (tertiary/aromatic N) is 1. The topological polar surface area (TPSA) is 29.3 Å². The molecule has 1 atom stereocenters. The van der Waals surface area contributed by atoms with Gasteiger partial charge in [0.05, 0.1) is 0 Å². The molecule has 2 aliphatic heterocycles. The number of hydrogen-bond donors (Lipinski definition) is 1. The minimum atomic E-state index is 0.699. The molecule has 1 unspecified atom stereocenters. The molecule has 0 spiro atoms. The van der Waals surface area contributed by atoms with Gasteiger partial charge in [-0.25, -0.2) is 5.01 Å². The predicted molar refractivity (Wildman–Crippen MR) is 71.8 cm³/mol. The van der Waals surface area contributed by atoms with Crippen LogP contribution in [0.15, 0.2) is 21.5 Å². The maximum atomic E-state index is 5.91. The summed E-state index contributed by atoms with van der Waals surface area (Å²) in [4.78, 5) is 3.08. The molecule has 2 heterocycles. The Labute approximate surface area is 103 Å². The largest absolute Gasteiger partial charge is 0.268 e. The maximum Gasteiger partial charge on any atom is 0.0442 e. The molecule has 90 valence electrons. The minimum absolute atomic E-state index is 0.699. The minimum Gasteiger partial charge on any atom is -0.268 e. The molecule has 0 aliphatic carbocycles. The molecule has 3 heteroatoms. The molecule has 2 N–H and O–H groups in total. The van der Waals surface area contributed by atoms with Gasteiger partial charge in [-0.3, -0.25) is 5.84 Å². The highest BCUT2D eigenvalue weighted by Gasteiger charge is 2.21. The van der Waals surface area contributed by atoms with Gasteiger partial charge < -0.3 is 0 Å². The highest BCUT2D eigenvalue weighted by atomic mass is 32.2. The van der Waals surface area contributed by atoms with Crippen LogP contribution in [0.5, 0.6) is 0 Å². The lowest BCUT2D eigenvalue weighted by Gasteiger charge is -2.27. The fraction of sp³-hybridized carbons (Fsp3) is 0.692. The summed E-state index contributed by atoms with van der Waals surface area (Å²) in [7, 11) is 0. The quantitative estimate of drug-likeness (QED) is 0.749. The fourth-order valence-corrected chi connectivity index (χ4v) is 3.67. The number of hydrazine groups is 1. The second kappa shape index (κ2) is 5.39.